The van der Waals surface area contributed by atoms with Crippen LogP contribution in [0.4, 0.5) is 0 Å². The van der Waals surface area contributed by atoms with Crippen molar-refractivity contribution in [3.8, 4) is 0 Å². The van der Waals surface area contributed by atoms with Crippen LogP contribution in [0.2, 0.25) is 0 Å². The van der Waals surface area contributed by atoms with E-state index in [0.29, 0.717) is 23.4 Å². The van der Waals surface area contributed by atoms with Crippen LogP contribution in [-0.2, 0) is 23.0 Å². The Hall–Kier alpha value is -0.660. The van der Waals surface area contributed by atoms with Crippen LogP contribution < -0.4 is 0 Å². The van der Waals surface area contributed by atoms with Gasteiger partial charge in [-0.3, -0.25) is 0 Å². The van der Waals surface area contributed by atoms with E-state index in [9.17, 15) is 8.42 Å². The normalized spacial score (nSPS) is 23.7. The average Bonchev–Trinajstić information content (AvgIpc) is 2.72. The molecule has 2 heterocycles. The second kappa shape index (κ2) is 4.31. The number of hydrogen-bond acceptors (Lipinski definition) is 4. The lowest BCUT2D eigenvalue weighted by molar-refractivity contribution is 0.267. The molecule has 0 saturated carbocycles. The van der Waals surface area contributed by atoms with Gasteiger partial charge in [-0.05, 0) is 24.6 Å². The number of H-pyrrole nitrogens is 1. The van der Waals surface area contributed by atoms with Gasteiger partial charge in [0.05, 0.1) is 23.8 Å². The number of nitrogens with one attached hydrogen (secondary N) is 1. The Morgan fingerprint density at radius 3 is 2.94 bits per heavy atom. The number of nitrogens with zero attached hydrogens (tertiary/aromatic N) is 1. The molecule has 1 saturated heterocycles. The quantitative estimate of drug-likeness (QED) is 0.777. The summed E-state index contributed by atoms with van der Waals surface area (Å²) in [6.07, 6.45) is 2.34. The van der Waals surface area contributed by atoms with E-state index < -0.39 is 9.84 Å². The highest BCUT2D eigenvalue weighted by Crippen LogP contribution is 2.21. The number of rotatable bonds is 3. The molecule has 1 fully saturated rings. The monoisotopic (exact) mass is 262 g/mol. The Kier molecular flexibility index (Phi) is 3.18. The highest BCUT2D eigenvalue weighted by atomic mass is 32.2. The van der Waals surface area contributed by atoms with Gasteiger partial charge in [-0.2, -0.15) is 0 Å². The van der Waals surface area contributed by atoms with Crippen LogP contribution in [0.1, 0.15) is 12.1 Å². The Balaban J connectivity index is 2.16. The summed E-state index contributed by atoms with van der Waals surface area (Å²) in [5, 5.41) is 9.10. The number of aromatic amines is 1. The van der Waals surface area contributed by atoms with Crippen molar-refractivity contribution in [3.63, 3.8) is 0 Å². The molecule has 5 nitrogen and oxygen atoms in total. The van der Waals surface area contributed by atoms with Gasteiger partial charge in [-0.15, -0.1) is 0 Å². The number of aliphatic hydroxyl groups excluding tert-OH is 1. The molecule has 0 radical (unpaired) electrons. The molecule has 0 amide bonds. The summed E-state index contributed by atoms with van der Waals surface area (Å²) in [4.78, 5) is 2.85. The Morgan fingerprint density at radius 2 is 2.38 bits per heavy atom. The second-order valence-electron chi connectivity index (χ2n) is 4.12. The maximum absolute atomic E-state index is 11.3. The first kappa shape index (κ1) is 11.8. The first-order valence-corrected chi connectivity index (χ1v) is 7.33. The van der Waals surface area contributed by atoms with Crippen LogP contribution in [0, 0.1) is 10.7 Å². The fraction of sp³-hybridized carbons (Fsp3) is 0.667. The molecule has 1 aromatic rings. The molecule has 1 atom stereocenters. The van der Waals surface area contributed by atoms with E-state index in [0.717, 1.165) is 0 Å². The van der Waals surface area contributed by atoms with Crippen molar-refractivity contribution in [2.75, 3.05) is 11.5 Å². The Labute approximate surface area is 99.0 Å². The van der Waals surface area contributed by atoms with E-state index in [1.54, 1.807) is 10.8 Å². The first-order valence-electron chi connectivity index (χ1n) is 5.10. The molecular formula is C9H14N2O3S2. The fourth-order valence-electron chi connectivity index (χ4n) is 2.04. The van der Waals surface area contributed by atoms with E-state index in [1.165, 1.54) is 0 Å². The van der Waals surface area contributed by atoms with Crippen molar-refractivity contribution in [3.05, 3.63) is 16.7 Å². The van der Waals surface area contributed by atoms with E-state index in [2.05, 4.69) is 4.98 Å². The maximum Gasteiger partial charge on any atom is 0.177 e. The number of hydrogen-bond donors (Lipinski definition) is 2. The molecule has 0 aromatic carbocycles. The third-order valence-corrected chi connectivity index (χ3v) is 5.06. The van der Waals surface area contributed by atoms with Gasteiger partial charge >= 0.3 is 0 Å². The topological polar surface area (TPSA) is 75.1 Å². The van der Waals surface area contributed by atoms with Crippen molar-refractivity contribution < 1.29 is 13.5 Å². The molecular weight excluding hydrogens is 248 g/mol. The van der Waals surface area contributed by atoms with Crippen LogP contribution in [0.15, 0.2) is 6.20 Å². The van der Waals surface area contributed by atoms with Crippen LogP contribution >= 0.6 is 12.2 Å². The van der Waals surface area contributed by atoms with E-state index >= 15 is 0 Å². The minimum absolute atomic E-state index is 0.0907. The second-order valence-corrected chi connectivity index (χ2v) is 6.74. The molecule has 1 aromatic heterocycles. The zero-order chi connectivity index (χ0) is 11.8. The molecule has 90 valence electrons. The van der Waals surface area contributed by atoms with Gasteiger partial charge < -0.3 is 14.7 Å². The zero-order valence-corrected chi connectivity index (χ0v) is 10.4. The third kappa shape index (κ3) is 2.36. The van der Waals surface area contributed by atoms with E-state index in [1.807, 2.05) is 0 Å². The standard InChI is InChI=1S/C9H14N2O3S2/c12-5-8-3-10-9(15)11(8)4-7-1-2-16(13,14)6-7/h3,7,12H,1-2,4-6H2,(H,10,15). The summed E-state index contributed by atoms with van der Waals surface area (Å²) in [7, 11) is -2.85. The van der Waals surface area contributed by atoms with Crippen molar-refractivity contribution in [1.82, 2.24) is 9.55 Å². The lowest BCUT2D eigenvalue weighted by Crippen LogP contribution is -2.14. The van der Waals surface area contributed by atoms with Gasteiger partial charge in [0.1, 0.15) is 0 Å². The number of aromatic nitrogens is 2. The number of imidazole rings is 1. The van der Waals surface area contributed by atoms with Gasteiger partial charge in [0.15, 0.2) is 14.6 Å². The van der Waals surface area contributed by atoms with Crippen molar-refractivity contribution in [2.24, 2.45) is 5.92 Å². The van der Waals surface area contributed by atoms with Crippen molar-refractivity contribution >= 4 is 22.1 Å². The van der Waals surface area contributed by atoms with Crippen LogP contribution in [0.3, 0.4) is 0 Å². The van der Waals surface area contributed by atoms with Gasteiger partial charge in [-0.1, -0.05) is 0 Å². The summed E-state index contributed by atoms with van der Waals surface area (Å²) in [6.45, 7) is 0.476. The molecule has 2 N–H and O–H groups in total. The Morgan fingerprint density at radius 1 is 1.62 bits per heavy atom. The van der Waals surface area contributed by atoms with Gasteiger partial charge in [-0.25, -0.2) is 8.42 Å². The molecule has 0 aliphatic carbocycles. The highest BCUT2D eigenvalue weighted by Gasteiger charge is 2.28. The third-order valence-electron chi connectivity index (χ3n) is 2.88. The van der Waals surface area contributed by atoms with E-state index in [-0.39, 0.29) is 24.0 Å². The summed E-state index contributed by atoms with van der Waals surface area (Å²) in [5.74, 6) is 0.604. The summed E-state index contributed by atoms with van der Waals surface area (Å²) in [6, 6.07) is 0. The Bertz CT molecular complexity index is 529. The molecule has 1 aliphatic heterocycles. The average molecular weight is 262 g/mol. The molecule has 16 heavy (non-hydrogen) atoms. The molecule has 0 bridgehead atoms. The van der Waals surface area contributed by atoms with Crippen LogP contribution in [-0.4, -0.2) is 34.6 Å². The molecule has 2 rings (SSSR count). The highest BCUT2D eigenvalue weighted by molar-refractivity contribution is 7.91. The summed E-state index contributed by atoms with van der Waals surface area (Å²) in [5.41, 5.74) is 0.703. The van der Waals surface area contributed by atoms with Crippen LogP contribution in [0.25, 0.3) is 0 Å². The minimum Gasteiger partial charge on any atom is -0.390 e. The van der Waals surface area contributed by atoms with Crippen molar-refractivity contribution in [2.45, 2.75) is 19.6 Å². The lowest BCUT2D eigenvalue weighted by Gasteiger charge is -2.11. The number of sulfone groups is 1. The largest absolute Gasteiger partial charge is 0.390 e. The lowest BCUT2D eigenvalue weighted by atomic mass is 10.1. The summed E-state index contributed by atoms with van der Waals surface area (Å²) < 4.78 is 24.9. The molecule has 7 heteroatoms. The molecule has 0 spiro atoms. The minimum atomic E-state index is -2.85. The smallest absolute Gasteiger partial charge is 0.177 e. The molecule has 1 aliphatic rings. The fourth-order valence-corrected chi connectivity index (χ4v) is 4.14. The van der Waals surface area contributed by atoms with Gasteiger partial charge in [0.25, 0.3) is 0 Å². The first-order chi connectivity index (χ1) is 7.52. The number of aliphatic hydroxyl groups is 1. The predicted molar refractivity (Wildman–Crippen MR) is 62.3 cm³/mol. The SMILES string of the molecule is O=S1(=O)CCC(Cn2c(CO)c[nH]c2=S)C1. The van der Waals surface area contributed by atoms with Crippen molar-refractivity contribution in [1.29, 1.82) is 0 Å². The zero-order valence-electron chi connectivity index (χ0n) is 8.72. The maximum atomic E-state index is 11.3. The van der Waals surface area contributed by atoms with Crippen LogP contribution in [0.5, 0.6) is 0 Å². The molecule has 1 unspecified atom stereocenters. The summed E-state index contributed by atoms with van der Waals surface area (Å²) >= 11 is 5.08. The van der Waals surface area contributed by atoms with Gasteiger partial charge in [0.2, 0.25) is 0 Å². The predicted octanol–water partition coefficient (Wildman–Crippen LogP) is 0.473. The van der Waals surface area contributed by atoms with E-state index in [4.69, 9.17) is 17.3 Å². The van der Waals surface area contributed by atoms with Gasteiger partial charge in [0, 0.05) is 12.7 Å².